The largest absolute Gasteiger partial charge is 0.324 e. The Morgan fingerprint density at radius 2 is 1.89 bits per heavy atom. The second kappa shape index (κ2) is 6.74. The molecule has 1 aliphatic heterocycles. The highest BCUT2D eigenvalue weighted by atomic mass is 35.5. The van der Waals surface area contributed by atoms with E-state index >= 15 is 0 Å². The second-order valence-electron chi connectivity index (χ2n) is 6.12. The van der Waals surface area contributed by atoms with E-state index in [1.807, 2.05) is 24.3 Å². The zero-order valence-electron chi connectivity index (χ0n) is 12.0. The highest BCUT2D eigenvalue weighted by Gasteiger charge is 2.22. The van der Waals surface area contributed by atoms with Crippen LogP contribution in [0.3, 0.4) is 0 Å². The van der Waals surface area contributed by atoms with Crippen molar-refractivity contribution in [1.29, 1.82) is 0 Å². The lowest BCUT2D eigenvalue weighted by atomic mass is 9.91. The van der Waals surface area contributed by atoms with E-state index in [4.69, 9.17) is 17.3 Å². The van der Waals surface area contributed by atoms with Crippen molar-refractivity contribution in [2.24, 2.45) is 17.6 Å². The van der Waals surface area contributed by atoms with Crippen molar-refractivity contribution in [3.05, 3.63) is 34.9 Å². The van der Waals surface area contributed by atoms with E-state index in [0.717, 1.165) is 35.4 Å². The Labute approximate surface area is 121 Å². The Hall–Kier alpha value is -0.570. The second-order valence-corrected chi connectivity index (χ2v) is 6.53. The lowest BCUT2D eigenvalue weighted by molar-refractivity contribution is 0.137. The van der Waals surface area contributed by atoms with Gasteiger partial charge in [-0.05, 0) is 42.9 Å². The van der Waals surface area contributed by atoms with Crippen LogP contribution in [0.15, 0.2) is 24.3 Å². The van der Waals surface area contributed by atoms with E-state index < -0.39 is 0 Å². The molecule has 0 radical (unpaired) electrons. The molecular weight excluding hydrogens is 256 g/mol. The molecule has 0 saturated carbocycles. The van der Waals surface area contributed by atoms with Crippen LogP contribution in [0.2, 0.25) is 5.02 Å². The van der Waals surface area contributed by atoms with Gasteiger partial charge < -0.3 is 10.6 Å². The number of nitrogens with two attached hydrogens (primary N) is 1. The maximum absolute atomic E-state index is 6.27. The Kier molecular flexibility index (Phi) is 5.26. The predicted octanol–water partition coefficient (Wildman–Crippen LogP) is 3.71. The number of hydrogen-bond acceptors (Lipinski definition) is 2. The fourth-order valence-electron chi connectivity index (χ4n) is 3.23. The van der Waals surface area contributed by atoms with Crippen LogP contribution in [0.1, 0.15) is 38.3 Å². The highest BCUT2D eigenvalue weighted by molar-refractivity contribution is 6.31. The van der Waals surface area contributed by atoms with Crippen LogP contribution >= 0.6 is 11.6 Å². The topological polar surface area (TPSA) is 29.3 Å². The quantitative estimate of drug-likeness (QED) is 0.911. The summed E-state index contributed by atoms with van der Waals surface area (Å²) in [4.78, 5) is 2.55. The predicted molar refractivity (Wildman–Crippen MR) is 82.4 cm³/mol. The molecule has 1 aliphatic rings. The van der Waals surface area contributed by atoms with Gasteiger partial charge in [0, 0.05) is 24.2 Å². The number of likely N-dealkylation sites (tertiary alicyclic amines) is 1. The summed E-state index contributed by atoms with van der Waals surface area (Å²) in [5.74, 6) is 1.61. The van der Waals surface area contributed by atoms with Gasteiger partial charge in [0.05, 0.1) is 0 Å². The van der Waals surface area contributed by atoms with Gasteiger partial charge in [0.1, 0.15) is 0 Å². The molecule has 0 aromatic heterocycles. The highest BCUT2D eigenvalue weighted by Crippen LogP contribution is 2.25. The summed E-state index contributed by atoms with van der Waals surface area (Å²) in [6.45, 7) is 8.17. The fraction of sp³-hybridized carbons (Fsp3) is 0.625. The first-order valence-electron chi connectivity index (χ1n) is 7.28. The molecule has 0 aliphatic carbocycles. The smallest absolute Gasteiger partial charge is 0.0453 e. The third-order valence-electron chi connectivity index (χ3n) is 4.01. The molecule has 1 aromatic rings. The van der Waals surface area contributed by atoms with Gasteiger partial charge in [-0.15, -0.1) is 0 Å². The molecule has 1 aromatic carbocycles. The molecule has 0 amide bonds. The van der Waals surface area contributed by atoms with E-state index in [0.29, 0.717) is 0 Å². The molecular formula is C16H25ClN2. The number of piperidine rings is 1. The van der Waals surface area contributed by atoms with E-state index in [1.54, 1.807) is 0 Å². The Balaban J connectivity index is 1.87. The van der Waals surface area contributed by atoms with Crippen molar-refractivity contribution in [3.63, 3.8) is 0 Å². The molecule has 1 fully saturated rings. The number of hydrogen-bond donors (Lipinski definition) is 1. The summed E-state index contributed by atoms with van der Waals surface area (Å²) in [7, 11) is 0. The molecule has 3 heteroatoms. The van der Waals surface area contributed by atoms with Crippen LogP contribution in [-0.2, 0) is 0 Å². The van der Waals surface area contributed by atoms with Crippen molar-refractivity contribution in [3.8, 4) is 0 Å². The van der Waals surface area contributed by atoms with E-state index in [2.05, 4.69) is 18.7 Å². The molecule has 1 heterocycles. The minimum absolute atomic E-state index is 0.0428. The van der Waals surface area contributed by atoms with Crippen molar-refractivity contribution in [2.75, 3.05) is 19.6 Å². The van der Waals surface area contributed by atoms with Crippen LogP contribution in [0.25, 0.3) is 0 Å². The van der Waals surface area contributed by atoms with E-state index in [1.165, 1.54) is 19.5 Å². The first-order chi connectivity index (χ1) is 9.06. The van der Waals surface area contributed by atoms with Gasteiger partial charge >= 0.3 is 0 Å². The first kappa shape index (κ1) is 14.8. The molecule has 2 rings (SSSR count). The maximum Gasteiger partial charge on any atom is 0.0453 e. The molecule has 106 valence electrons. The first-order valence-corrected chi connectivity index (χ1v) is 7.66. The lowest BCUT2D eigenvalue weighted by Crippen LogP contribution is -2.39. The number of halogens is 1. The van der Waals surface area contributed by atoms with E-state index in [-0.39, 0.29) is 6.04 Å². The summed E-state index contributed by atoms with van der Waals surface area (Å²) in [6.07, 6.45) is 2.33. The molecule has 0 spiro atoms. The lowest BCUT2D eigenvalue weighted by Gasteiger charge is -2.35. The average molecular weight is 281 g/mol. The van der Waals surface area contributed by atoms with Crippen molar-refractivity contribution < 1.29 is 0 Å². The van der Waals surface area contributed by atoms with Crippen molar-refractivity contribution in [2.45, 2.75) is 32.7 Å². The minimum atomic E-state index is 0.0428. The third-order valence-corrected chi connectivity index (χ3v) is 4.35. The van der Waals surface area contributed by atoms with Crippen LogP contribution in [0.4, 0.5) is 0 Å². The average Bonchev–Trinajstić information content (AvgIpc) is 2.35. The van der Waals surface area contributed by atoms with Gasteiger partial charge in [0.15, 0.2) is 0 Å². The molecule has 3 atom stereocenters. The minimum Gasteiger partial charge on any atom is -0.324 e. The van der Waals surface area contributed by atoms with Gasteiger partial charge in [-0.25, -0.2) is 0 Å². The number of nitrogens with zero attached hydrogens (tertiary/aromatic N) is 1. The van der Waals surface area contributed by atoms with Gasteiger partial charge in [-0.3, -0.25) is 0 Å². The zero-order valence-corrected chi connectivity index (χ0v) is 12.7. The van der Waals surface area contributed by atoms with Gasteiger partial charge in [0.2, 0.25) is 0 Å². The monoisotopic (exact) mass is 280 g/mol. The van der Waals surface area contributed by atoms with Crippen LogP contribution in [-0.4, -0.2) is 24.5 Å². The van der Waals surface area contributed by atoms with Crippen LogP contribution in [0.5, 0.6) is 0 Å². The third kappa shape index (κ3) is 4.20. The normalized spacial score (nSPS) is 26.3. The fourth-order valence-corrected chi connectivity index (χ4v) is 3.50. The van der Waals surface area contributed by atoms with Crippen molar-refractivity contribution in [1.82, 2.24) is 4.90 Å². The van der Waals surface area contributed by atoms with Gasteiger partial charge in [-0.2, -0.15) is 0 Å². The van der Waals surface area contributed by atoms with Crippen molar-refractivity contribution >= 4 is 11.6 Å². The molecule has 1 saturated heterocycles. The standard InChI is InChI=1S/C16H25ClN2/c1-12-9-13(2)11-19(10-12)8-7-16(18)14-5-3-4-6-15(14)17/h3-6,12-13,16H,7-11,18H2,1-2H3. The van der Waals surface area contributed by atoms with Crippen LogP contribution < -0.4 is 5.73 Å². The van der Waals surface area contributed by atoms with Crippen LogP contribution in [0, 0.1) is 11.8 Å². The SMILES string of the molecule is CC1CC(C)CN(CCC(N)c2ccccc2Cl)C1. The maximum atomic E-state index is 6.27. The molecule has 0 bridgehead atoms. The Morgan fingerprint density at radius 3 is 2.53 bits per heavy atom. The van der Waals surface area contributed by atoms with E-state index in [9.17, 15) is 0 Å². The molecule has 19 heavy (non-hydrogen) atoms. The summed E-state index contributed by atoms with van der Waals surface area (Å²) in [5.41, 5.74) is 7.34. The Bertz CT molecular complexity index is 397. The molecule has 2 nitrogen and oxygen atoms in total. The zero-order chi connectivity index (χ0) is 13.8. The summed E-state index contributed by atoms with van der Waals surface area (Å²) < 4.78 is 0. The van der Waals surface area contributed by atoms with Gasteiger partial charge in [0.25, 0.3) is 0 Å². The number of rotatable bonds is 4. The summed E-state index contributed by atoms with van der Waals surface area (Å²) in [6, 6.07) is 7.95. The van der Waals surface area contributed by atoms with Gasteiger partial charge in [-0.1, -0.05) is 43.6 Å². The summed E-state index contributed by atoms with van der Waals surface area (Å²) >= 11 is 6.19. The summed E-state index contributed by atoms with van der Waals surface area (Å²) in [5, 5.41) is 0.787. The molecule has 2 N–H and O–H groups in total. The number of benzene rings is 1. The molecule has 3 unspecified atom stereocenters. The Morgan fingerprint density at radius 1 is 1.26 bits per heavy atom.